The van der Waals surface area contributed by atoms with Gasteiger partial charge in [0.1, 0.15) is 6.67 Å². The third-order valence-electron chi connectivity index (χ3n) is 2.32. The zero-order valence-corrected chi connectivity index (χ0v) is 9.26. The van der Waals surface area contributed by atoms with Crippen molar-refractivity contribution in [3.8, 4) is 0 Å². The molecule has 0 aliphatic heterocycles. The Hall–Kier alpha value is -0.660. The Bertz CT molecular complexity index is 175. The molecule has 0 bridgehead atoms. The Morgan fingerprint density at radius 1 is 1.29 bits per heavy atom. The van der Waals surface area contributed by atoms with Gasteiger partial charge in [-0.05, 0) is 18.9 Å². The summed E-state index contributed by atoms with van der Waals surface area (Å²) < 4.78 is 11.8. The molecule has 1 nitrogen and oxygen atoms in total. The molecule has 0 N–H and O–H groups in total. The Morgan fingerprint density at radius 2 is 2.00 bits per heavy atom. The lowest BCUT2D eigenvalue weighted by atomic mass is 9.92. The van der Waals surface area contributed by atoms with Gasteiger partial charge in [0, 0.05) is 5.92 Å². The minimum absolute atomic E-state index is 0.0953. The summed E-state index contributed by atoms with van der Waals surface area (Å²) in [6, 6.07) is 0. The highest BCUT2D eigenvalue weighted by Crippen LogP contribution is 2.16. The van der Waals surface area contributed by atoms with Crippen LogP contribution in [0, 0.1) is 5.92 Å². The first-order valence-corrected chi connectivity index (χ1v) is 5.52. The van der Waals surface area contributed by atoms with Gasteiger partial charge in [-0.25, -0.2) is 4.39 Å². The first-order chi connectivity index (χ1) is 6.76. The molecule has 1 unspecified atom stereocenters. The van der Waals surface area contributed by atoms with Crippen molar-refractivity contribution >= 4 is 5.78 Å². The van der Waals surface area contributed by atoms with Crippen LogP contribution in [0.2, 0.25) is 0 Å². The molecule has 0 aromatic heterocycles. The van der Waals surface area contributed by atoms with Gasteiger partial charge in [-0.15, -0.1) is 0 Å². The number of carbonyl (C=O) groups is 1. The van der Waals surface area contributed by atoms with Crippen molar-refractivity contribution in [3.05, 3.63) is 12.2 Å². The summed E-state index contributed by atoms with van der Waals surface area (Å²) in [7, 11) is 0. The molecule has 2 heteroatoms. The van der Waals surface area contributed by atoms with Gasteiger partial charge in [0.25, 0.3) is 0 Å². The second-order valence-electron chi connectivity index (χ2n) is 3.59. The smallest absolute Gasteiger partial charge is 0.158 e. The number of unbranched alkanes of at least 4 members (excludes halogenated alkanes) is 1. The molecule has 0 saturated heterocycles. The maximum Gasteiger partial charge on any atom is 0.158 e. The van der Waals surface area contributed by atoms with Crippen molar-refractivity contribution in [2.75, 3.05) is 6.67 Å². The van der Waals surface area contributed by atoms with Crippen LogP contribution in [0.5, 0.6) is 0 Å². The fraction of sp³-hybridized carbons (Fsp3) is 0.750. The van der Waals surface area contributed by atoms with Crippen LogP contribution in [0.25, 0.3) is 0 Å². The summed E-state index contributed by atoms with van der Waals surface area (Å²) in [5.74, 6) is 0.209. The zero-order valence-electron chi connectivity index (χ0n) is 9.26. The summed E-state index contributed by atoms with van der Waals surface area (Å²) in [6.07, 6.45) is 7.78. The van der Waals surface area contributed by atoms with E-state index in [2.05, 4.69) is 13.8 Å². The van der Waals surface area contributed by atoms with Gasteiger partial charge >= 0.3 is 0 Å². The Morgan fingerprint density at radius 3 is 2.50 bits per heavy atom. The fourth-order valence-corrected chi connectivity index (χ4v) is 1.52. The van der Waals surface area contributed by atoms with E-state index in [1.165, 1.54) is 12.2 Å². The normalized spacial score (nSPS) is 13.4. The van der Waals surface area contributed by atoms with Crippen molar-refractivity contribution in [2.24, 2.45) is 5.92 Å². The number of ketones is 1. The molecule has 82 valence electrons. The highest BCUT2D eigenvalue weighted by molar-refractivity contribution is 5.91. The van der Waals surface area contributed by atoms with E-state index in [-0.39, 0.29) is 11.7 Å². The lowest BCUT2D eigenvalue weighted by molar-refractivity contribution is -0.118. The average Bonchev–Trinajstić information content (AvgIpc) is 2.20. The van der Waals surface area contributed by atoms with E-state index < -0.39 is 6.67 Å². The molecular weight excluding hydrogens is 179 g/mol. The monoisotopic (exact) mass is 200 g/mol. The van der Waals surface area contributed by atoms with Gasteiger partial charge < -0.3 is 0 Å². The third kappa shape index (κ3) is 5.90. The van der Waals surface area contributed by atoms with E-state index in [1.54, 1.807) is 0 Å². The highest BCUT2D eigenvalue weighted by Gasteiger charge is 2.13. The molecule has 14 heavy (non-hydrogen) atoms. The standard InChI is InChI=1S/C12H21FO/c1-3-5-8-11(7-4-2)12(14)9-6-10-13/h6,9,11H,3-5,7-8,10H2,1-2H3/b9-6+. The van der Waals surface area contributed by atoms with Crippen molar-refractivity contribution in [1.82, 2.24) is 0 Å². The lowest BCUT2D eigenvalue weighted by Gasteiger charge is -2.11. The number of hydrogen-bond donors (Lipinski definition) is 0. The summed E-state index contributed by atoms with van der Waals surface area (Å²) >= 11 is 0. The van der Waals surface area contributed by atoms with E-state index in [9.17, 15) is 9.18 Å². The third-order valence-corrected chi connectivity index (χ3v) is 2.32. The minimum atomic E-state index is -0.543. The summed E-state index contributed by atoms with van der Waals surface area (Å²) in [5.41, 5.74) is 0. The van der Waals surface area contributed by atoms with E-state index in [0.717, 1.165) is 32.1 Å². The second kappa shape index (κ2) is 8.92. The van der Waals surface area contributed by atoms with Gasteiger partial charge in [0.15, 0.2) is 5.78 Å². The summed E-state index contributed by atoms with van der Waals surface area (Å²) in [6.45, 7) is 3.65. The van der Waals surface area contributed by atoms with E-state index in [1.807, 2.05) is 0 Å². The largest absolute Gasteiger partial charge is 0.295 e. The molecule has 0 aliphatic carbocycles. The van der Waals surface area contributed by atoms with E-state index in [4.69, 9.17) is 0 Å². The molecule has 0 aromatic carbocycles. The molecule has 0 fully saturated rings. The molecule has 0 amide bonds. The molecule has 1 atom stereocenters. The van der Waals surface area contributed by atoms with Crippen LogP contribution in [0.4, 0.5) is 4.39 Å². The van der Waals surface area contributed by atoms with Gasteiger partial charge in [-0.1, -0.05) is 39.2 Å². The molecular formula is C12H21FO. The number of halogens is 1. The van der Waals surface area contributed by atoms with Gasteiger partial charge in [-0.3, -0.25) is 4.79 Å². The first-order valence-electron chi connectivity index (χ1n) is 5.52. The van der Waals surface area contributed by atoms with Crippen LogP contribution in [0.15, 0.2) is 12.2 Å². The number of hydrogen-bond acceptors (Lipinski definition) is 1. The summed E-state index contributed by atoms with van der Waals surface area (Å²) in [5, 5.41) is 0. The SMILES string of the molecule is CCCCC(CCC)C(=O)/C=C/CF. The number of alkyl halides is 1. The van der Waals surface area contributed by atoms with Crippen LogP contribution >= 0.6 is 0 Å². The Kier molecular flexibility index (Phi) is 8.50. The molecule has 0 radical (unpaired) electrons. The average molecular weight is 200 g/mol. The Balaban J connectivity index is 4.03. The zero-order chi connectivity index (χ0) is 10.8. The maximum absolute atomic E-state index is 11.8. The predicted octanol–water partition coefficient (Wildman–Crippen LogP) is 3.69. The number of rotatable bonds is 8. The molecule has 0 heterocycles. The topological polar surface area (TPSA) is 17.1 Å². The molecule has 0 saturated carbocycles. The molecule has 0 rings (SSSR count). The van der Waals surface area contributed by atoms with Crippen LogP contribution in [0.3, 0.4) is 0 Å². The van der Waals surface area contributed by atoms with E-state index in [0.29, 0.717) is 0 Å². The Labute approximate surface area is 86.4 Å². The van der Waals surface area contributed by atoms with Crippen molar-refractivity contribution < 1.29 is 9.18 Å². The van der Waals surface area contributed by atoms with Gasteiger partial charge in [0.05, 0.1) is 0 Å². The van der Waals surface area contributed by atoms with Crippen molar-refractivity contribution in [1.29, 1.82) is 0 Å². The maximum atomic E-state index is 11.8. The lowest BCUT2D eigenvalue weighted by Crippen LogP contribution is -2.11. The number of carbonyl (C=O) groups excluding carboxylic acids is 1. The van der Waals surface area contributed by atoms with Crippen LogP contribution in [-0.2, 0) is 4.79 Å². The predicted molar refractivity (Wildman–Crippen MR) is 58.0 cm³/mol. The first kappa shape index (κ1) is 13.3. The minimum Gasteiger partial charge on any atom is -0.295 e. The fourth-order valence-electron chi connectivity index (χ4n) is 1.52. The van der Waals surface area contributed by atoms with Crippen LogP contribution in [0.1, 0.15) is 46.0 Å². The quantitative estimate of drug-likeness (QED) is 0.546. The molecule has 0 aromatic rings. The molecule has 0 spiro atoms. The van der Waals surface area contributed by atoms with Crippen molar-refractivity contribution in [2.45, 2.75) is 46.0 Å². The number of allylic oxidation sites excluding steroid dienone is 2. The van der Waals surface area contributed by atoms with Crippen LogP contribution in [-0.4, -0.2) is 12.5 Å². The van der Waals surface area contributed by atoms with E-state index >= 15 is 0 Å². The second-order valence-corrected chi connectivity index (χ2v) is 3.59. The molecule has 0 aliphatic rings. The van der Waals surface area contributed by atoms with Crippen LogP contribution < -0.4 is 0 Å². The van der Waals surface area contributed by atoms with Gasteiger partial charge in [-0.2, -0.15) is 0 Å². The van der Waals surface area contributed by atoms with Crippen molar-refractivity contribution in [3.63, 3.8) is 0 Å². The van der Waals surface area contributed by atoms with Gasteiger partial charge in [0.2, 0.25) is 0 Å². The highest BCUT2D eigenvalue weighted by atomic mass is 19.1. The summed E-state index contributed by atoms with van der Waals surface area (Å²) in [4.78, 5) is 11.5.